The second kappa shape index (κ2) is 3.55. The van der Waals surface area contributed by atoms with Crippen molar-refractivity contribution in [3.63, 3.8) is 0 Å². The second-order valence-corrected chi connectivity index (χ2v) is 3.75. The lowest BCUT2D eigenvalue weighted by molar-refractivity contribution is 0.435. The highest BCUT2D eigenvalue weighted by Crippen LogP contribution is 2.30. The molecule has 0 atom stereocenters. The number of benzene rings is 1. The van der Waals surface area contributed by atoms with Crippen LogP contribution in [0.5, 0.6) is 0 Å². The van der Waals surface area contributed by atoms with E-state index in [-0.39, 0.29) is 0 Å². The van der Waals surface area contributed by atoms with Crippen molar-refractivity contribution in [1.29, 1.82) is 0 Å². The molecule has 5 nitrogen and oxygen atoms in total. The number of anilines is 1. The van der Waals surface area contributed by atoms with Crippen molar-refractivity contribution in [3.05, 3.63) is 36.2 Å². The number of nitrogens with zero attached hydrogens (tertiary/aromatic N) is 3. The number of aromatic nitrogens is 3. The van der Waals surface area contributed by atoms with Crippen LogP contribution in [0.3, 0.4) is 0 Å². The highest BCUT2D eigenvalue weighted by molar-refractivity contribution is 5.90. The van der Waals surface area contributed by atoms with Gasteiger partial charge in [0.05, 0.1) is 11.0 Å². The Hall–Kier alpha value is -2.43. The van der Waals surface area contributed by atoms with Gasteiger partial charge < -0.3 is 10.3 Å². The van der Waals surface area contributed by atoms with Gasteiger partial charge in [-0.05, 0) is 19.1 Å². The summed E-state index contributed by atoms with van der Waals surface area (Å²) in [4.78, 5) is 8.56. The van der Waals surface area contributed by atoms with Gasteiger partial charge in [0.15, 0.2) is 11.6 Å². The van der Waals surface area contributed by atoms with E-state index in [0.717, 1.165) is 22.2 Å². The number of fused-ring (bicyclic) bond motifs is 1. The van der Waals surface area contributed by atoms with Gasteiger partial charge in [-0.15, -0.1) is 0 Å². The minimum Gasteiger partial charge on any atom is -0.381 e. The summed E-state index contributed by atoms with van der Waals surface area (Å²) in [6, 6.07) is 5.73. The molecule has 0 unspecified atom stereocenters. The summed E-state index contributed by atoms with van der Waals surface area (Å²) in [7, 11) is 0. The maximum absolute atomic E-state index is 5.68. The SMILES string of the molecule is Cc1c(N)noc1-c1cccc2nccnc12. The summed E-state index contributed by atoms with van der Waals surface area (Å²) >= 11 is 0. The largest absolute Gasteiger partial charge is 0.381 e. The fourth-order valence-corrected chi connectivity index (χ4v) is 1.78. The number of nitrogens with two attached hydrogens (primary N) is 1. The molecule has 0 saturated heterocycles. The van der Waals surface area contributed by atoms with Crippen LogP contribution in [0.2, 0.25) is 0 Å². The molecule has 0 radical (unpaired) electrons. The summed E-state index contributed by atoms with van der Waals surface area (Å²) in [6.45, 7) is 1.87. The van der Waals surface area contributed by atoms with Gasteiger partial charge in [-0.3, -0.25) is 9.97 Å². The lowest BCUT2D eigenvalue weighted by Crippen LogP contribution is -1.89. The first-order valence-electron chi connectivity index (χ1n) is 5.19. The molecule has 0 aliphatic heterocycles. The number of hydrogen-bond acceptors (Lipinski definition) is 5. The first-order valence-corrected chi connectivity index (χ1v) is 5.19. The molecule has 0 fully saturated rings. The maximum atomic E-state index is 5.68. The molecule has 3 rings (SSSR count). The quantitative estimate of drug-likeness (QED) is 0.688. The topological polar surface area (TPSA) is 77.8 Å². The Morgan fingerprint density at radius 3 is 2.76 bits per heavy atom. The highest BCUT2D eigenvalue weighted by Gasteiger charge is 2.14. The third-order valence-electron chi connectivity index (χ3n) is 2.70. The predicted octanol–water partition coefficient (Wildman–Crippen LogP) is 2.18. The Kier molecular flexibility index (Phi) is 2.04. The molecule has 0 amide bonds. The fourth-order valence-electron chi connectivity index (χ4n) is 1.78. The van der Waals surface area contributed by atoms with Crippen LogP contribution in [0, 0.1) is 6.92 Å². The molecule has 17 heavy (non-hydrogen) atoms. The van der Waals surface area contributed by atoms with Crippen LogP contribution in [0.4, 0.5) is 5.82 Å². The first-order chi connectivity index (χ1) is 8.27. The minimum absolute atomic E-state index is 0.404. The molecule has 0 aliphatic carbocycles. The van der Waals surface area contributed by atoms with Crippen LogP contribution < -0.4 is 5.73 Å². The molecule has 0 aliphatic rings. The Labute approximate surface area is 97.3 Å². The van der Waals surface area contributed by atoms with Gasteiger partial charge in [0.2, 0.25) is 0 Å². The summed E-state index contributed by atoms with van der Waals surface area (Å²) in [6.07, 6.45) is 3.31. The van der Waals surface area contributed by atoms with Gasteiger partial charge in [-0.1, -0.05) is 11.2 Å². The second-order valence-electron chi connectivity index (χ2n) is 3.75. The number of hydrogen-bond donors (Lipinski definition) is 1. The Morgan fingerprint density at radius 2 is 2.00 bits per heavy atom. The van der Waals surface area contributed by atoms with Gasteiger partial charge >= 0.3 is 0 Å². The zero-order chi connectivity index (χ0) is 11.8. The number of rotatable bonds is 1. The van der Waals surface area contributed by atoms with E-state index in [1.165, 1.54) is 0 Å². The average molecular weight is 226 g/mol. The van der Waals surface area contributed by atoms with Crippen molar-refractivity contribution >= 4 is 16.9 Å². The zero-order valence-corrected chi connectivity index (χ0v) is 9.21. The lowest BCUT2D eigenvalue weighted by atomic mass is 10.1. The summed E-state index contributed by atoms with van der Waals surface area (Å²) in [5.41, 5.74) is 8.97. The van der Waals surface area contributed by atoms with Crippen LogP contribution in [0.1, 0.15) is 5.56 Å². The van der Waals surface area contributed by atoms with Crippen LogP contribution in [0.15, 0.2) is 35.1 Å². The van der Waals surface area contributed by atoms with Crippen LogP contribution in [-0.2, 0) is 0 Å². The van der Waals surface area contributed by atoms with Crippen molar-refractivity contribution in [1.82, 2.24) is 15.1 Å². The zero-order valence-electron chi connectivity index (χ0n) is 9.21. The molecule has 0 spiro atoms. The standard InChI is InChI=1S/C12H10N4O/c1-7-11(17-16-12(7)13)8-3-2-4-9-10(8)15-6-5-14-9/h2-6H,1H3,(H2,13,16). The van der Waals surface area contributed by atoms with Crippen molar-refractivity contribution in [2.75, 3.05) is 5.73 Å². The third-order valence-corrected chi connectivity index (χ3v) is 2.70. The van der Waals surface area contributed by atoms with Gasteiger partial charge in [0.25, 0.3) is 0 Å². The highest BCUT2D eigenvalue weighted by atomic mass is 16.5. The van der Waals surface area contributed by atoms with Gasteiger partial charge in [0.1, 0.15) is 0 Å². The predicted molar refractivity (Wildman–Crippen MR) is 64.2 cm³/mol. The molecule has 2 aromatic heterocycles. The maximum Gasteiger partial charge on any atom is 0.174 e. The Morgan fingerprint density at radius 1 is 1.18 bits per heavy atom. The molecule has 2 N–H and O–H groups in total. The van der Waals surface area contributed by atoms with E-state index >= 15 is 0 Å². The van der Waals surface area contributed by atoms with Crippen LogP contribution >= 0.6 is 0 Å². The van der Waals surface area contributed by atoms with E-state index in [9.17, 15) is 0 Å². The molecular formula is C12H10N4O. The third kappa shape index (κ3) is 1.44. The average Bonchev–Trinajstić information content (AvgIpc) is 2.69. The lowest BCUT2D eigenvalue weighted by Gasteiger charge is -2.01. The molecule has 1 aromatic carbocycles. The molecule has 2 heterocycles. The molecular weight excluding hydrogens is 216 g/mol. The summed E-state index contributed by atoms with van der Waals surface area (Å²) in [5.74, 6) is 1.05. The first kappa shape index (κ1) is 9.77. The van der Waals surface area contributed by atoms with E-state index in [4.69, 9.17) is 10.3 Å². The smallest absolute Gasteiger partial charge is 0.174 e. The number of nitrogen functional groups attached to an aromatic ring is 1. The van der Waals surface area contributed by atoms with Crippen LogP contribution in [0.25, 0.3) is 22.4 Å². The van der Waals surface area contributed by atoms with Crippen molar-refractivity contribution in [2.24, 2.45) is 0 Å². The molecule has 5 heteroatoms. The van der Waals surface area contributed by atoms with Crippen LogP contribution in [-0.4, -0.2) is 15.1 Å². The van der Waals surface area contributed by atoms with Crippen molar-refractivity contribution in [3.8, 4) is 11.3 Å². The molecule has 3 aromatic rings. The van der Waals surface area contributed by atoms with Gasteiger partial charge in [-0.2, -0.15) is 0 Å². The summed E-state index contributed by atoms with van der Waals surface area (Å²) < 4.78 is 5.25. The van der Waals surface area contributed by atoms with E-state index in [1.54, 1.807) is 12.4 Å². The monoisotopic (exact) mass is 226 g/mol. The minimum atomic E-state index is 0.404. The Bertz CT molecular complexity index is 685. The van der Waals surface area contributed by atoms with Crippen molar-refractivity contribution in [2.45, 2.75) is 6.92 Å². The Balaban J connectivity index is 2.34. The van der Waals surface area contributed by atoms with Gasteiger partial charge in [-0.25, -0.2) is 0 Å². The van der Waals surface area contributed by atoms with E-state index in [1.807, 2.05) is 25.1 Å². The van der Waals surface area contributed by atoms with E-state index in [2.05, 4.69) is 15.1 Å². The van der Waals surface area contributed by atoms with Gasteiger partial charge in [0, 0.05) is 23.5 Å². The number of para-hydroxylation sites is 1. The van der Waals surface area contributed by atoms with E-state index in [0.29, 0.717) is 11.6 Å². The van der Waals surface area contributed by atoms with E-state index < -0.39 is 0 Å². The molecule has 0 saturated carbocycles. The van der Waals surface area contributed by atoms with Crippen molar-refractivity contribution < 1.29 is 4.52 Å². The molecule has 0 bridgehead atoms. The fraction of sp³-hybridized carbons (Fsp3) is 0.0833. The normalized spacial score (nSPS) is 10.9. The summed E-state index contributed by atoms with van der Waals surface area (Å²) in [5, 5.41) is 3.75. The molecule has 84 valence electrons.